The number of rotatable bonds is 10. The Morgan fingerprint density at radius 3 is 0.958 bits per heavy atom. The monoisotopic (exact) mass is 662 g/mol. The van der Waals surface area contributed by atoms with Gasteiger partial charge in [0.05, 0.1) is 39.3 Å². The molecule has 0 amide bonds. The molecule has 48 heavy (non-hydrogen) atoms. The number of esters is 4. The highest BCUT2D eigenvalue weighted by molar-refractivity contribution is 6.20. The standard InChI is InChI=1S/C36H32F2O10/c1-33(27(39)21-11-15-23(37)16-12-21)25(35(33,29(41)45-3)30(42)46-4)19-7-9-20(10-8-19)26-34(2,28(40)22-13-17-24(38)18-14-22)36(26,31(43)47-5)32(44)48-6/h7-18,25-26H,1-6H3. The molecule has 0 radical (unpaired) electrons. The topological polar surface area (TPSA) is 139 Å². The predicted octanol–water partition coefficient (Wildman–Crippen LogP) is 4.60. The molecule has 3 aromatic rings. The minimum absolute atomic E-state index is 0.0455. The molecule has 0 aliphatic heterocycles. The molecule has 2 saturated carbocycles. The van der Waals surface area contributed by atoms with E-state index in [1.54, 1.807) is 0 Å². The maximum atomic E-state index is 14.0. The highest BCUT2D eigenvalue weighted by atomic mass is 19.1. The number of benzene rings is 3. The first-order valence-corrected chi connectivity index (χ1v) is 14.7. The van der Waals surface area contributed by atoms with E-state index in [0.29, 0.717) is 11.1 Å². The third-order valence-corrected chi connectivity index (χ3v) is 10.3. The Labute approximate surface area is 274 Å². The summed E-state index contributed by atoms with van der Waals surface area (Å²) in [7, 11) is 4.28. The van der Waals surface area contributed by atoms with E-state index in [2.05, 4.69) is 0 Å². The molecule has 250 valence electrons. The zero-order valence-corrected chi connectivity index (χ0v) is 26.9. The SMILES string of the molecule is COC(=O)C1(C(=O)OC)C(c2ccc(C3C(C)(C(=O)c4ccc(F)cc4)C3(C(=O)OC)C(=O)OC)cc2)C1(C)C(=O)c1ccc(F)cc1. The van der Waals surface area contributed by atoms with Crippen molar-refractivity contribution >= 4 is 35.4 Å². The fraction of sp³-hybridized carbons (Fsp3) is 0.333. The van der Waals surface area contributed by atoms with E-state index in [1.807, 2.05) is 0 Å². The first kappa shape index (κ1) is 34.1. The maximum Gasteiger partial charge on any atom is 0.324 e. The van der Waals surface area contributed by atoms with Crippen LogP contribution >= 0.6 is 0 Å². The summed E-state index contributed by atoms with van der Waals surface area (Å²) in [5.41, 5.74) is -6.96. The number of halogens is 2. The summed E-state index contributed by atoms with van der Waals surface area (Å²) in [5.74, 6) is -8.76. The van der Waals surface area contributed by atoms with Gasteiger partial charge in [0.1, 0.15) is 11.6 Å². The zero-order valence-electron chi connectivity index (χ0n) is 26.9. The number of carbonyl (C=O) groups is 6. The van der Waals surface area contributed by atoms with Gasteiger partial charge in [-0.1, -0.05) is 24.3 Å². The molecule has 12 heteroatoms. The number of ether oxygens (including phenoxy) is 4. The van der Waals surface area contributed by atoms with E-state index >= 15 is 0 Å². The highest BCUT2D eigenvalue weighted by Gasteiger charge is 2.88. The molecule has 0 heterocycles. The normalized spacial score (nSPS) is 24.4. The van der Waals surface area contributed by atoms with Crippen molar-refractivity contribution in [2.75, 3.05) is 28.4 Å². The zero-order chi connectivity index (χ0) is 35.4. The highest BCUT2D eigenvalue weighted by Crippen LogP contribution is 2.78. The Kier molecular flexibility index (Phi) is 8.35. The van der Waals surface area contributed by atoms with E-state index in [4.69, 9.17) is 18.9 Å². The van der Waals surface area contributed by atoms with Gasteiger partial charge >= 0.3 is 23.9 Å². The van der Waals surface area contributed by atoms with Crippen LogP contribution in [0.2, 0.25) is 0 Å². The summed E-state index contributed by atoms with van der Waals surface area (Å²) >= 11 is 0. The fourth-order valence-electron chi connectivity index (χ4n) is 7.84. The molecule has 2 aliphatic rings. The van der Waals surface area contributed by atoms with Crippen LogP contribution in [0.4, 0.5) is 8.78 Å². The number of hydrogen-bond acceptors (Lipinski definition) is 10. The van der Waals surface area contributed by atoms with E-state index in [-0.39, 0.29) is 11.1 Å². The quantitative estimate of drug-likeness (QED) is 0.131. The average molecular weight is 663 g/mol. The van der Waals surface area contributed by atoms with Crippen LogP contribution in [0.5, 0.6) is 0 Å². The van der Waals surface area contributed by atoms with Gasteiger partial charge in [-0.15, -0.1) is 0 Å². The summed E-state index contributed by atoms with van der Waals surface area (Å²) in [6.45, 7) is 2.84. The van der Waals surface area contributed by atoms with E-state index in [1.165, 1.54) is 62.4 Å². The second-order valence-electron chi connectivity index (χ2n) is 12.2. The number of ketones is 2. The summed E-state index contributed by atoms with van der Waals surface area (Å²) in [6, 6.07) is 15.3. The summed E-state index contributed by atoms with van der Waals surface area (Å²) < 4.78 is 47.5. The van der Waals surface area contributed by atoms with Gasteiger partial charge in [-0.25, -0.2) is 8.78 Å². The van der Waals surface area contributed by atoms with E-state index in [0.717, 1.165) is 52.7 Å². The number of methoxy groups -OCH3 is 4. The van der Waals surface area contributed by atoms with E-state index < -0.39 is 80.6 Å². The minimum atomic E-state index is -2.11. The summed E-state index contributed by atoms with van der Waals surface area (Å²) in [5, 5.41) is 0. The van der Waals surface area contributed by atoms with E-state index in [9.17, 15) is 37.5 Å². The molecule has 2 aliphatic carbocycles. The largest absolute Gasteiger partial charge is 0.468 e. The van der Waals surface area contributed by atoms with Crippen molar-refractivity contribution in [3.05, 3.63) is 107 Å². The molecule has 0 spiro atoms. The van der Waals surface area contributed by atoms with Gasteiger partial charge < -0.3 is 18.9 Å². The van der Waals surface area contributed by atoms with Crippen molar-refractivity contribution in [3.8, 4) is 0 Å². The van der Waals surface area contributed by atoms with Crippen molar-refractivity contribution in [2.24, 2.45) is 21.7 Å². The van der Waals surface area contributed by atoms with Gasteiger partial charge in [0, 0.05) is 23.0 Å². The molecule has 4 unspecified atom stereocenters. The van der Waals surface area contributed by atoms with Crippen LogP contribution < -0.4 is 0 Å². The lowest BCUT2D eigenvalue weighted by Crippen LogP contribution is -2.36. The molecular weight excluding hydrogens is 630 g/mol. The molecule has 0 aromatic heterocycles. The Hall–Kier alpha value is -5.26. The third kappa shape index (κ3) is 4.27. The van der Waals surface area contributed by atoms with Crippen LogP contribution in [-0.2, 0) is 38.1 Å². The van der Waals surface area contributed by atoms with Gasteiger partial charge in [0.2, 0.25) is 0 Å². The van der Waals surface area contributed by atoms with Crippen LogP contribution in [0.3, 0.4) is 0 Å². The van der Waals surface area contributed by atoms with Gasteiger partial charge in [-0.2, -0.15) is 0 Å². The van der Waals surface area contributed by atoms with Crippen LogP contribution in [0.15, 0.2) is 72.8 Å². The molecule has 0 saturated heterocycles. The third-order valence-electron chi connectivity index (χ3n) is 10.3. The first-order valence-electron chi connectivity index (χ1n) is 14.7. The summed E-state index contributed by atoms with van der Waals surface area (Å²) in [4.78, 5) is 81.5. The molecule has 5 rings (SSSR count). The van der Waals surface area contributed by atoms with Crippen molar-refractivity contribution in [2.45, 2.75) is 25.7 Å². The second kappa shape index (κ2) is 11.8. The van der Waals surface area contributed by atoms with Gasteiger partial charge in [-0.05, 0) is 73.5 Å². The minimum Gasteiger partial charge on any atom is -0.468 e. The van der Waals surface area contributed by atoms with Crippen LogP contribution in [-0.4, -0.2) is 63.9 Å². The first-order chi connectivity index (χ1) is 22.7. The van der Waals surface area contributed by atoms with Crippen molar-refractivity contribution in [1.29, 1.82) is 0 Å². The predicted molar refractivity (Wildman–Crippen MR) is 163 cm³/mol. The Balaban J connectivity index is 1.63. The molecule has 10 nitrogen and oxygen atoms in total. The average Bonchev–Trinajstić information content (AvgIpc) is 3.91. The van der Waals surface area contributed by atoms with Gasteiger partial charge in [0.25, 0.3) is 0 Å². The number of hydrogen-bond donors (Lipinski definition) is 0. The summed E-state index contributed by atoms with van der Waals surface area (Å²) in [6.07, 6.45) is 0. The lowest BCUT2D eigenvalue weighted by Gasteiger charge is -2.17. The number of carbonyl (C=O) groups excluding carboxylic acids is 6. The van der Waals surface area contributed by atoms with Crippen molar-refractivity contribution in [1.82, 2.24) is 0 Å². The molecule has 3 aromatic carbocycles. The Morgan fingerprint density at radius 1 is 0.479 bits per heavy atom. The van der Waals surface area contributed by atoms with Crippen LogP contribution in [0.1, 0.15) is 57.5 Å². The number of Topliss-reactive ketones (excluding diaryl/α,β-unsaturated/α-hetero) is 2. The van der Waals surface area contributed by atoms with Gasteiger partial charge in [0.15, 0.2) is 22.4 Å². The van der Waals surface area contributed by atoms with Gasteiger partial charge in [-0.3, -0.25) is 28.8 Å². The lowest BCUT2D eigenvalue weighted by atomic mass is 9.86. The molecular formula is C36H32F2O10. The molecule has 0 N–H and O–H groups in total. The lowest BCUT2D eigenvalue weighted by molar-refractivity contribution is -0.164. The Bertz CT molecular complexity index is 1670. The Morgan fingerprint density at radius 2 is 0.729 bits per heavy atom. The maximum absolute atomic E-state index is 14.0. The van der Waals surface area contributed by atoms with Crippen LogP contribution in [0, 0.1) is 33.3 Å². The molecule has 4 atom stereocenters. The van der Waals surface area contributed by atoms with Crippen molar-refractivity contribution in [3.63, 3.8) is 0 Å². The van der Waals surface area contributed by atoms with Crippen molar-refractivity contribution < 1.29 is 56.5 Å². The van der Waals surface area contributed by atoms with Crippen LogP contribution in [0.25, 0.3) is 0 Å². The second-order valence-corrected chi connectivity index (χ2v) is 12.2. The fourth-order valence-corrected chi connectivity index (χ4v) is 7.84. The molecule has 2 fully saturated rings. The molecule has 0 bridgehead atoms. The smallest absolute Gasteiger partial charge is 0.324 e.